The molecule has 1 aromatic heterocycles. The van der Waals surface area contributed by atoms with Gasteiger partial charge < -0.3 is 10.4 Å². The first-order valence-electron chi connectivity index (χ1n) is 6.85. The van der Waals surface area contributed by atoms with Crippen LogP contribution >= 0.6 is 0 Å². The fraction of sp³-hybridized carbons (Fsp3) is 0.600. The normalized spacial score (nSPS) is 18.3. The highest BCUT2D eigenvalue weighted by Gasteiger charge is 2.39. The minimum Gasteiger partial charge on any atom is -0.380 e. The lowest BCUT2D eigenvalue weighted by Gasteiger charge is -2.28. The maximum atomic E-state index is 12.1. The van der Waals surface area contributed by atoms with Crippen molar-refractivity contribution in [2.75, 3.05) is 6.54 Å². The Labute approximate surface area is 114 Å². The number of hydrogen-bond acceptors (Lipinski definition) is 3. The maximum Gasteiger partial charge on any atom is 0.251 e. The number of aliphatic hydroxyl groups is 1. The van der Waals surface area contributed by atoms with Crippen molar-refractivity contribution in [2.24, 2.45) is 0 Å². The summed E-state index contributed by atoms with van der Waals surface area (Å²) < 4.78 is 0. The van der Waals surface area contributed by atoms with Crippen molar-refractivity contribution in [1.82, 2.24) is 10.3 Å². The molecule has 0 spiro atoms. The molecule has 1 amide bonds. The Kier molecular flexibility index (Phi) is 3.90. The summed E-state index contributed by atoms with van der Waals surface area (Å²) in [4.78, 5) is 16.1. The summed E-state index contributed by atoms with van der Waals surface area (Å²) in [6.45, 7) is 4.65. The third kappa shape index (κ3) is 3.13. The summed E-state index contributed by atoms with van der Waals surface area (Å²) in [5, 5.41) is 13.1. The molecule has 1 aliphatic carbocycles. The second-order valence-electron chi connectivity index (χ2n) is 6.04. The van der Waals surface area contributed by atoms with Gasteiger partial charge in [-0.1, -0.05) is 13.8 Å². The van der Waals surface area contributed by atoms with E-state index in [1.54, 1.807) is 12.4 Å². The van der Waals surface area contributed by atoms with Crippen molar-refractivity contribution in [3.63, 3.8) is 0 Å². The highest BCUT2D eigenvalue weighted by Crippen LogP contribution is 2.30. The van der Waals surface area contributed by atoms with Gasteiger partial charge in [0.2, 0.25) is 0 Å². The molecule has 104 valence electrons. The number of pyridine rings is 1. The average Bonchev–Trinajstić information content (AvgIpc) is 2.85. The molecule has 0 aliphatic heterocycles. The fourth-order valence-electron chi connectivity index (χ4n) is 2.56. The molecule has 0 aromatic carbocycles. The molecule has 0 unspecified atom stereocenters. The Bertz CT molecular complexity index is 437. The molecule has 0 atom stereocenters. The van der Waals surface area contributed by atoms with E-state index in [0.29, 0.717) is 19.4 Å². The largest absolute Gasteiger partial charge is 0.380 e. The molecule has 4 heteroatoms. The van der Waals surface area contributed by atoms with Crippen LogP contribution in [0.25, 0.3) is 0 Å². The summed E-state index contributed by atoms with van der Waals surface area (Å²) in [6.07, 6.45) is 6.52. The molecule has 1 aromatic rings. The Morgan fingerprint density at radius 3 is 2.53 bits per heavy atom. The lowest BCUT2D eigenvalue weighted by atomic mass is 9.85. The molecule has 4 nitrogen and oxygen atoms in total. The lowest BCUT2D eigenvalue weighted by molar-refractivity contribution is -0.139. The van der Waals surface area contributed by atoms with Gasteiger partial charge in [-0.25, -0.2) is 0 Å². The van der Waals surface area contributed by atoms with Crippen LogP contribution in [0.4, 0.5) is 0 Å². The van der Waals surface area contributed by atoms with Gasteiger partial charge in [-0.3, -0.25) is 9.78 Å². The molecule has 2 N–H and O–H groups in total. The summed E-state index contributed by atoms with van der Waals surface area (Å²) in [5.74, 6) is -0.230. The first kappa shape index (κ1) is 14.0. The molecule has 19 heavy (non-hydrogen) atoms. The molecule has 2 rings (SSSR count). The first-order chi connectivity index (χ1) is 8.94. The van der Waals surface area contributed by atoms with Gasteiger partial charge >= 0.3 is 0 Å². The topological polar surface area (TPSA) is 62.2 Å². The SMILES string of the molecule is CC(C)(CNC(=O)C1(O)CCCC1)c1ccncc1. The van der Waals surface area contributed by atoms with Crippen molar-refractivity contribution in [2.45, 2.75) is 50.5 Å². The van der Waals surface area contributed by atoms with E-state index in [2.05, 4.69) is 24.1 Å². The van der Waals surface area contributed by atoms with E-state index < -0.39 is 5.60 Å². The Balaban J connectivity index is 1.96. The van der Waals surface area contributed by atoms with E-state index in [4.69, 9.17) is 0 Å². The molecular weight excluding hydrogens is 240 g/mol. The smallest absolute Gasteiger partial charge is 0.251 e. The lowest BCUT2D eigenvalue weighted by Crippen LogP contribution is -2.48. The molecule has 1 fully saturated rings. The van der Waals surface area contributed by atoms with Crippen LogP contribution in [0, 0.1) is 0 Å². The maximum absolute atomic E-state index is 12.1. The van der Waals surface area contributed by atoms with Crippen LogP contribution in [0.2, 0.25) is 0 Å². The van der Waals surface area contributed by atoms with Crippen LogP contribution in [0.1, 0.15) is 45.1 Å². The fourth-order valence-corrected chi connectivity index (χ4v) is 2.56. The van der Waals surface area contributed by atoms with Gasteiger partial charge in [0.1, 0.15) is 5.60 Å². The second kappa shape index (κ2) is 5.29. The number of amides is 1. The number of carbonyl (C=O) groups excluding carboxylic acids is 1. The van der Waals surface area contributed by atoms with Crippen LogP contribution in [-0.2, 0) is 10.2 Å². The predicted octanol–water partition coefficient (Wildman–Crippen LogP) is 1.78. The van der Waals surface area contributed by atoms with Crippen LogP contribution in [0.15, 0.2) is 24.5 Å². The minimum atomic E-state index is -1.14. The number of nitrogens with zero attached hydrogens (tertiary/aromatic N) is 1. The summed E-state index contributed by atoms with van der Waals surface area (Å²) in [6, 6.07) is 3.91. The highest BCUT2D eigenvalue weighted by atomic mass is 16.3. The quantitative estimate of drug-likeness (QED) is 0.869. The Morgan fingerprint density at radius 1 is 1.37 bits per heavy atom. The van der Waals surface area contributed by atoms with E-state index in [0.717, 1.165) is 18.4 Å². The van der Waals surface area contributed by atoms with Gasteiger partial charge in [-0.05, 0) is 43.4 Å². The zero-order valence-electron chi connectivity index (χ0n) is 11.6. The molecule has 1 saturated carbocycles. The van der Waals surface area contributed by atoms with E-state index >= 15 is 0 Å². The van der Waals surface area contributed by atoms with Crippen LogP contribution in [0.3, 0.4) is 0 Å². The number of nitrogens with one attached hydrogen (secondary N) is 1. The van der Waals surface area contributed by atoms with Gasteiger partial charge in [0.05, 0.1) is 0 Å². The monoisotopic (exact) mass is 262 g/mol. The van der Waals surface area contributed by atoms with Crippen molar-refractivity contribution in [1.29, 1.82) is 0 Å². The molecular formula is C15H22N2O2. The summed E-state index contributed by atoms with van der Waals surface area (Å²) >= 11 is 0. The Morgan fingerprint density at radius 2 is 1.95 bits per heavy atom. The van der Waals surface area contributed by atoms with E-state index in [1.165, 1.54) is 0 Å². The van der Waals surface area contributed by atoms with Gasteiger partial charge in [0.15, 0.2) is 0 Å². The highest BCUT2D eigenvalue weighted by molar-refractivity contribution is 5.85. The van der Waals surface area contributed by atoms with Gasteiger partial charge in [-0.15, -0.1) is 0 Å². The van der Waals surface area contributed by atoms with E-state index in [-0.39, 0.29) is 11.3 Å². The molecule has 0 bridgehead atoms. The zero-order chi connectivity index (χ0) is 13.9. The number of rotatable bonds is 4. The second-order valence-corrected chi connectivity index (χ2v) is 6.04. The van der Waals surface area contributed by atoms with Crippen molar-refractivity contribution in [3.05, 3.63) is 30.1 Å². The van der Waals surface area contributed by atoms with Crippen LogP contribution in [-0.4, -0.2) is 28.1 Å². The summed E-state index contributed by atoms with van der Waals surface area (Å²) in [7, 11) is 0. The standard InChI is InChI=1S/C15H22N2O2/c1-14(2,12-5-9-16-10-6-12)11-17-13(18)15(19)7-3-4-8-15/h5-6,9-10,19H,3-4,7-8,11H2,1-2H3,(H,17,18). The predicted molar refractivity (Wildman–Crippen MR) is 73.7 cm³/mol. The molecule has 0 radical (unpaired) electrons. The van der Waals surface area contributed by atoms with E-state index in [1.807, 2.05) is 12.1 Å². The van der Waals surface area contributed by atoms with Crippen molar-refractivity contribution >= 4 is 5.91 Å². The van der Waals surface area contributed by atoms with Gasteiger partial charge in [0, 0.05) is 24.4 Å². The third-order valence-corrected chi connectivity index (χ3v) is 4.01. The van der Waals surface area contributed by atoms with Gasteiger partial charge in [-0.2, -0.15) is 0 Å². The van der Waals surface area contributed by atoms with Gasteiger partial charge in [0.25, 0.3) is 5.91 Å². The number of carbonyl (C=O) groups is 1. The Hall–Kier alpha value is -1.42. The molecule has 1 aliphatic rings. The average molecular weight is 262 g/mol. The molecule has 0 saturated heterocycles. The third-order valence-electron chi connectivity index (χ3n) is 4.01. The minimum absolute atomic E-state index is 0.173. The van der Waals surface area contributed by atoms with Crippen LogP contribution < -0.4 is 5.32 Å². The summed E-state index contributed by atoms with van der Waals surface area (Å²) in [5.41, 5.74) is -0.191. The number of hydrogen-bond donors (Lipinski definition) is 2. The molecule has 1 heterocycles. The van der Waals surface area contributed by atoms with E-state index in [9.17, 15) is 9.90 Å². The van der Waals surface area contributed by atoms with Crippen molar-refractivity contribution < 1.29 is 9.90 Å². The van der Waals surface area contributed by atoms with Crippen molar-refractivity contribution in [3.8, 4) is 0 Å². The zero-order valence-corrected chi connectivity index (χ0v) is 11.6. The van der Waals surface area contributed by atoms with Crippen LogP contribution in [0.5, 0.6) is 0 Å². The first-order valence-corrected chi connectivity index (χ1v) is 6.85. The number of aromatic nitrogens is 1.